The molecule has 1 aliphatic rings. The van der Waals surface area contributed by atoms with Gasteiger partial charge >= 0.3 is 0 Å². The summed E-state index contributed by atoms with van der Waals surface area (Å²) in [6, 6.07) is 5.86. The number of carbonyl (C=O) groups is 1. The van der Waals surface area contributed by atoms with Crippen LogP contribution in [0.3, 0.4) is 0 Å². The fourth-order valence-corrected chi connectivity index (χ4v) is 4.23. The molecule has 0 aromatic heterocycles. The van der Waals surface area contributed by atoms with Crippen LogP contribution in [-0.2, 0) is 9.05 Å². The van der Waals surface area contributed by atoms with Gasteiger partial charge in [0.1, 0.15) is 5.82 Å². The molecule has 0 bridgehead atoms. The van der Waals surface area contributed by atoms with Crippen molar-refractivity contribution >= 4 is 54.5 Å². The Morgan fingerprint density at radius 2 is 1.68 bits per heavy atom. The Kier molecular flexibility index (Phi) is 5.95. The van der Waals surface area contributed by atoms with E-state index in [1.54, 1.807) is 4.90 Å². The smallest absolute Gasteiger partial charge is 0.261 e. The van der Waals surface area contributed by atoms with Gasteiger partial charge in [0.05, 0.1) is 26.2 Å². The minimum Gasteiger partial charge on any atom is -0.504 e. The van der Waals surface area contributed by atoms with Crippen molar-refractivity contribution in [1.82, 2.24) is 4.90 Å². The van der Waals surface area contributed by atoms with Crippen LogP contribution in [0.1, 0.15) is 10.4 Å². The van der Waals surface area contributed by atoms with E-state index in [0.717, 1.165) is 18.2 Å². The van der Waals surface area contributed by atoms with E-state index in [1.165, 1.54) is 17.0 Å². The van der Waals surface area contributed by atoms with Gasteiger partial charge in [-0.15, -0.1) is 0 Å². The minimum atomic E-state index is -4.03. The van der Waals surface area contributed by atoms with Gasteiger partial charge in [0, 0.05) is 36.9 Å². The highest BCUT2D eigenvalue weighted by molar-refractivity contribution is 8.13. The highest BCUT2D eigenvalue weighted by atomic mass is 35.7. The van der Waals surface area contributed by atoms with Crippen LogP contribution in [0.5, 0.6) is 5.75 Å². The Bertz CT molecular complexity index is 1040. The number of hydrogen-bond acceptors (Lipinski definition) is 5. The summed E-state index contributed by atoms with van der Waals surface area (Å²) in [6.45, 7) is 1.17. The Morgan fingerprint density at radius 1 is 1.04 bits per heavy atom. The number of amides is 1. The number of hydrogen-bond donors (Lipinski definition) is 1. The summed E-state index contributed by atoms with van der Waals surface area (Å²) < 4.78 is 36.4. The first-order valence-electron chi connectivity index (χ1n) is 8.04. The van der Waals surface area contributed by atoms with Gasteiger partial charge in [-0.25, -0.2) is 12.8 Å². The van der Waals surface area contributed by atoms with Crippen molar-refractivity contribution in [2.75, 3.05) is 31.1 Å². The molecule has 28 heavy (non-hydrogen) atoms. The lowest BCUT2D eigenvalue weighted by molar-refractivity contribution is 0.0747. The van der Waals surface area contributed by atoms with Gasteiger partial charge in [-0.2, -0.15) is 0 Å². The molecule has 0 saturated carbocycles. The summed E-state index contributed by atoms with van der Waals surface area (Å²) in [4.78, 5) is 15.6. The number of nitrogens with zero attached hydrogens (tertiary/aromatic N) is 2. The molecule has 3 rings (SSSR count). The number of rotatable bonds is 3. The van der Waals surface area contributed by atoms with E-state index in [4.69, 9.17) is 33.9 Å². The van der Waals surface area contributed by atoms with Gasteiger partial charge < -0.3 is 14.9 Å². The molecule has 1 N–H and O–H groups in total. The summed E-state index contributed by atoms with van der Waals surface area (Å²) in [6.07, 6.45) is 0. The molecule has 1 saturated heterocycles. The fraction of sp³-hybridized carbons (Fsp3) is 0.235. The maximum atomic E-state index is 13.2. The van der Waals surface area contributed by atoms with Crippen LogP contribution in [-0.4, -0.2) is 50.5 Å². The first-order valence-corrected chi connectivity index (χ1v) is 11.1. The Hall–Kier alpha value is -1.74. The van der Waals surface area contributed by atoms with Crippen LogP contribution in [0.2, 0.25) is 10.0 Å². The third-order valence-corrected chi connectivity index (χ3v) is 6.30. The second kappa shape index (κ2) is 7.94. The molecule has 0 unspecified atom stereocenters. The summed E-state index contributed by atoms with van der Waals surface area (Å²) in [5.41, 5.74) is 0.399. The van der Waals surface area contributed by atoms with Gasteiger partial charge in [0.15, 0.2) is 5.75 Å². The summed E-state index contributed by atoms with van der Waals surface area (Å²) in [5, 5.41) is 10.1. The number of halogens is 4. The normalized spacial score (nSPS) is 15.0. The monoisotopic (exact) mass is 466 g/mol. The van der Waals surface area contributed by atoms with E-state index in [9.17, 15) is 22.7 Å². The van der Waals surface area contributed by atoms with E-state index in [2.05, 4.69) is 0 Å². The number of carbonyl (C=O) groups excluding carboxylic acids is 1. The van der Waals surface area contributed by atoms with Crippen molar-refractivity contribution in [3.05, 3.63) is 51.8 Å². The largest absolute Gasteiger partial charge is 0.504 e. The molecule has 0 aliphatic carbocycles. The number of aromatic hydroxyl groups is 1. The van der Waals surface area contributed by atoms with E-state index in [0.29, 0.717) is 13.1 Å². The van der Waals surface area contributed by atoms with Crippen LogP contribution in [0.25, 0.3) is 0 Å². The number of anilines is 1. The van der Waals surface area contributed by atoms with Gasteiger partial charge in [-0.05, 0) is 30.3 Å². The zero-order valence-electron chi connectivity index (χ0n) is 14.2. The first kappa shape index (κ1) is 21.0. The second-order valence-electron chi connectivity index (χ2n) is 6.11. The SMILES string of the molecule is O=C(c1ccc(F)cc1Cl)N1CCN(c2cc(S(=O)(=O)Cl)cc(Cl)c2O)CC1. The molecular weight excluding hydrogens is 454 g/mol. The molecule has 0 atom stereocenters. The number of phenols is 1. The van der Waals surface area contributed by atoms with Crippen LogP contribution in [0, 0.1) is 5.82 Å². The third kappa shape index (κ3) is 4.30. The summed E-state index contributed by atoms with van der Waals surface area (Å²) in [7, 11) is 1.34. The van der Waals surface area contributed by atoms with E-state index >= 15 is 0 Å². The zero-order chi connectivity index (χ0) is 20.6. The number of phenolic OH excluding ortho intramolecular Hbond substituents is 1. The van der Waals surface area contributed by atoms with Crippen LogP contribution >= 0.6 is 33.9 Å². The standard InChI is InChI=1S/C17H14Cl3FN2O4S/c18-13-7-10(21)1-2-12(13)17(25)23-5-3-22(4-6-23)15-9-11(28(20,26)27)8-14(19)16(15)24/h1-2,7-9,24H,3-6H2. The van der Waals surface area contributed by atoms with Gasteiger partial charge in [0.25, 0.3) is 15.0 Å². The maximum absolute atomic E-state index is 13.2. The Balaban J connectivity index is 1.79. The molecule has 0 spiro atoms. The quantitative estimate of drug-likeness (QED) is 0.696. The Morgan fingerprint density at radius 3 is 2.25 bits per heavy atom. The predicted octanol–water partition coefficient (Wildman–Crippen LogP) is 3.73. The highest BCUT2D eigenvalue weighted by Crippen LogP contribution is 2.38. The zero-order valence-corrected chi connectivity index (χ0v) is 17.3. The summed E-state index contributed by atoms with van der Waals surface area (Å²) >= 11 is 11.9. The van der Waals surface area contributed by atoms with Crippen LogP contribution in [0.4, 0.5) is 10.1 Å². The number of benzene rings is 2. The van der Waals surface area contributed by atoms with E-state index < -0.39 is 14.9 Å². The average molecular weight is 468 g/mol. The molecule has 150 valence electrons. The maximum Gasteiger partial charge on any atom is 0.261 e. The molecule has 0 radical (unpaired) electrons. The van der Waals surface area contributed by atoms with Crippen molar-refractivity contribution in [2.45, 2.75) is 4.90 Å². The van der Waals surface area contributed by atoms with E-state index in [1.807, 2.05) is 0 Å². The van der Waals surface area contributed by atoms with Crippen LogP contribution < -0.4 is 4.90 Å². The molecule has 6 nitrogen and oxygen atoms in total. The van der Waals surface area contributed by atoms with Crippen molar-refractivity contribution in [1.29, 1.82) is 0 Å². The average Bonchev–Trinajstić information content (AvgIpc) is 2.62. The van der Waals surface area contributed by atoms with Gasteiger partial charge in [0.2, 0.25) is 0 Å². The Labute approximate surface area is 175 Å². The number of piperazine rings is 1. The molecule has 2 aromatic rings. The molecule has 1 fully saturated rings. The summed E-state index contributed by atoms with van der Waals surface area (Å²) in [5.74, 6) is -1.15. The molecule has 1 heterocycles. The molecule has 11 heteroatoms. The van der Waals surface area contributed by atoms with Crippen LogP contribution in [0.15, 0.2) is 35.2 Å². The van der Waals surface area contributed by atoms with Crippen molar-refractivity contribution in [3.8, 4) is 5.75 Å². The molecule has 1 aliphatic heterocycles. The predicted molar refractivity (Wildman–Crippen MR) is 106 cm³/mol. The molecular formula is C17H14Cl3FN2O4S. The van der Waals surface area contributed by atoms with E-state index in [-0.39, 0.29) is 50.9 Å². The third-order valence-electron chi connectivity index (χ3n) is 4.37. The van der Waals surface area contributed by atoms with Crippen molar-refractivity contribution in [2.24, 2.45) is 0 Å². The lowest BCUT2D eigenvalue weighted by Gasteiger charge is -2.36. The molecule has 2 aromatic carbocycles. The highest BCUT2D eigenvalue weighted by Gasteiger charge is 2.27. The van der Waals surface area contributed by atoms with Crippen molar-refractivity contribution < 1.29 is 22.7 Å². The van der Waals surface area contributed by atoms with Crippen molar-refractivity contribution in [3.63, 3.8) is 0 Å². The van der Waals surface area contributed by atoms with Gasteiger partial charge in [-0.1, -0.05) is 23.2 Å². The van der Waals surface area contributed by atoms with Gasteiger partial charge in [-0.3, -0.25) is 4.79 Å². The molecule has 1 amide bonds. The lowest BCUT2D eigenvalue weighted by atomic mass is 10.1. The topological polar surface area (TPSA) is 77.9 Å². The fourth-order valence-electron chi connectivity index (χ4n) is 2.93. The second-order valence-corrected chi connectivity index (χ2v) is 9.49. The minimum absolute atomic E-state index is 0.0249. The first-order chi connectivity index (χ1) is 13.1. The lowest BCUT2D eigenvalue weighted by Crippen LogP contribution is -2.48.